The summed E-state index contributed by atoms with van der Waals surface area (Å²) in [7, 11) is -4.84. The summed E-state index contributed by atoms with van der Waals surface area (Å²) < 4.78 is 14.9. The molecule has 1 unspecified atom stereocenters. The molecule has 8 nitrogen and oxygen atoms in total. The summed E-state index contributed by atoms with van der Waals surface area (Å²) in [6, 6.07) is -1.59. The van der Waals surface area contributed by atoms with Crippen LogP contribution in [-0.2, 0) is 18.7 Å². The smallest absolute Gasteiger partial charge is 0.469 e. The fourth-order valence-electron chi connectivity index (χ4n) is 3.45. The lowest BCUT2D eigenvalue weighted by Gasteiger charge is -2.32. The van der Waals surface area contributed by atoms with Crippen molar-refractivity contribution >= 4 is 19.7 Å². The number of phosphoric ester groups is 1. The van der Waals surface area contributed by atoms with E-state index in [0.29, 0.717) is 5.57 Å². The first-order valence-electron chi connectivity index (χ1n) is 10.4. The number of hydrogen-bond acceptors (Lipinski definition) is 4. The van der Waals surface area contributed by atoms with Gasteiger partial charge in [0, 0.05) is 6.08 Å². The second-order valence-corrected chi connectivity index (χ2v) is 9.85. The molecule has 1 aliphatic carbocycles. The molecule has 178 valence electrons. The Hall–Kier alpha value is -2.25. The molecular formula is C23H34NO7P. The highest BCUT2D eigenvalue weighted by Crippen LogP contribution is 2.40. The molecule has 0 heterocycles. The number of rotatable bonds is 10. The second kappa shape index (κ2) is 12.1. The molecule has 1 atom stereocenters. The molecule has 1 rings (SSSR count). The number of amides is 1. The highest BCUT2D eigenvalue weighted by atomic mass is 31.2. The minimum absolute atomic E-state index is 0.172. The van der Waals surface area contributed by atoms with Gasteiger partial charge in [0.15, 0.2) is 6.04 Å². The summed E-state index contributed by atoms with van der Waals surface area (Å²) in [4.78, 5) is 40.5. The van der Waals surface area contributed by atoms with Crippen molar-refractivity contribution in [1.29, 1.82) is 0 Å². The molecule has 1 amide bonds. The van der Waals surface area contributed by atoms with Gasteiger partial charge in [0.05, 0.1) is 6.61 Å². The molecule has 0 saturated heterocycles. The van der Waals surface area contributed by atoms with Crippen LogP contribution < -0.4 is 5.32 Å². The standard InChI is InChI=1S/C23H34NO7P/c1-16(11-12-19-18(3)10-7-13-23(19,4)5)8-6-9-17(2)14-21(25)24-20(22(26)27)15-31-32(28,29)30/h6,8-9,11-12,14,20H,7,10,13,15H2,1-5H3,(H,24,25)(H,26,27)(H2,28,29,30). The van der Waals surface area contributed by atoms with Crippen LogP contribution in [0.4, 0.5) is 0 Å². The number of carbonyl (C=O) groups is 2. The first-order valence-corrected chi connectivity index (χ1v) is 11.9. The highest BCUT2D eigenvalue weighted by Gasteiger charge is 2.26. The molecule has 1 aliphatic rings. The predicted octanol–water partition coefficient (Wildman–Crippen LogP) is 4.20. The molecule has 0 radical (unpaired) electrons. The van der Waals surface area contributed by atoms with Gasteiger partial charge in [0.25, 0.3) is 0 Å². The maximum absolute atomic E-state index is 12.0. The second-order valence-electron chi connectivity index (χ2n) is 8.61. The summed E-state index contributed by atoms with van der Waals surface area (Å²) >= 11 is 0. The van der Waals surface area contributed by atoms with Crippen molar-refractivity contribution in [3.63, 3.8) is 0 Å². The number of carboxylic acid groups (broad SMARTS) is 1. The molecule has 0 aliphatic heterocycles. The van der Waals surface area contributed by atoms with E-state index in [2.05, 4.69) is 42.8 Å². The third-order valence-electron chi connectivity index (χ3n) is 5.16. The third-order valence-corrected chi connectivity index (χ3v) is 5.64. The van der Waals surface area contributed by atoms with Gasteiger partial charge >= 0.3 is 13.8 Å². The Bertz CT molecular complexity index is 903. The first-order chi connectivity index (χ1) is 14.7. The Kier molecular flexibility index (Phi) is 10.5. The van der Waals surface area contributed by atoms with E-state index >= 15 is 0 Å². The monoisotopic (exact) mass is 467 g/mol. The van der Waals surface area contributed by atoms with E-state index in [1.807, 2.05) is 13.0 Å². The van der Waals surface area contributed by atoms with Crippen molar-refractivity contribution in [1.82, 2.24) is 5.32 Å². The zero-order chi connectivity index (χ0) is 24.5. The maximum atomic E-state index is 12.0. The van der Waals surface area contributed by atoms with Gasteiger partial charge in [-0.25, -0.2) is 9.36 Å². The van der Waals surface area contributed by atoms with E-state index < -0.39 is 32.3 Å². The minimum atomic E-state index is -4.84. The first kappa shape index (κ1) is 27.8. The molecule has 0 aromatic heterocycles. The van der Waals surface area contributed by atoms with Gasteiger partial charge in [-0.1, -0.05) is 55.4 Å². The Morgan fingerprint density at radius 1 is 1.22 bits per heavy atom. The van der Waals surface area contributed by atoms with Crippen molar-refractivity contribution in [3.8, 4) is 0 Å². The number of aliphatic carboxylic acids is 1. The zero-order valence-electron chi connectivity index (χ0n) is 19.3. The van der Waals surface area contributed by atoms with Crippen LogP contribution in [0.3, 0.4) is 0 Å². The fourth-order valence-corrected chi connectivity index (χ4v) is 3.79. The fraction of sp³-hybridized carbons (Fsp3) is 0.478. The van der Waals surface area contributed by atoms with E-state index in [0.717, 1.165) is 12.0 Å². The van der Waals surface area contributed by atoms with Gasteiger partial charge < -0.3 is 20.2 Å². The van der Waals surface area contributed by atoms with Crippen LogP contribution in [0.5, 0.6) is 0 Å². The van der Waals surface area contributed by atoms with Crippen LogP contribution >= 0.6 is 7.82 Å². The van der Waals surface area contributed by atoms with Crippen LogP contribution in [0, 0.1) is 5.41 Å². The Labute approximate surface area is 189 Å². The van der Waals surface area contributed by atoms with Crippen LogP contribution in [0.2, 0.25) is 0 Å². The van der Waals surface area contributed by atoms with Gasteiger partial charge in [-0.05, 0) is 56.6 Å². The van der Waals surface area contributed by atoms with E-state index in [-0.39, 0.29) is 5.41 Å². The predicted molar refractivity (Wildman–Crippen MR) is 124 cm³/mol. The number of carboxylic acids is 1. The van der Waals surface area contributed by atoms with Crippen molar-refractivity contribution < 1.29 is 33.6 Å². The SMILES string of the molecule is CC(C=CC1=C(C)CCCC1(C)C)=CC=CC(C)=CC(=O)NC(COP(=O)(O)O)C(=O)O. The quantitative estimate of drug-likeness (QED) is 0.215. The van der Waals surface area contributed by atoms with Crippen LogP contribution in [0.1, 0.15) is 53.9 Å². The number of allylic oxidation sites excluding steroid dienone is 9. The largest absolute Gasteiger partial charge is 0.480 e. The Morgan fingerprint density at radius 3 is 2.44 bits per heavy atom. The molecule has 0 aromatic rings. The molecular weight excluding hydrogens is 433 g/mol. The van der Waals surface area contributed by atoms with E-state index in [1.165, 1.54) is 30.1 Å². The number of nitrogens with one attached hydrogen (secondary N) is 1. The van der Waals surface area contributed by atoms with Gasteiger partial charge in [0.2, 0.25) is 5.91 Å². The number of hydrogen-bond donors (Lipinski definition) is 4. The lowest BCUT2D eigenvalue weighted by Crippen LogP contribution is -2.43. The molecule has 32 heavy (non-hydrogen) atoms. The van der Waals surface area contributed by atoms with Gasteiger partial charge in [-0.15, -0.1) is 0 Å². The molecule has 0 spiro atoms. The average Bonchev–Trinajstić information content (AvgIpc) is 2.63. The van der Waals surface area contributed by atoms with Crippen LogP contribution in [-0.4, -0.2) is 39.4 Å². The van der Waals surface area contributed by atoms with Crippen molar-refractivity contribution in [2.24, 2.45) is 5.41 Å². The van der Waals surface area contributed by atoms with Gasteiger partial charge in [-0.2, -0.15) is 0 Å². The maximum Gasteiger partial charge on any atom is 0.469 e. The Balaban J connectivity index is 2.73. The third kappa shape index (κ3) is 10.4. The van der Waals surface area contributed by atoms with Crippen molar-refractivity contribution in [2.45, 2.75) is 59.9 Å². The lowest BCUT2D eigenvalue weighted by molar-refractivity contribution is -0.142. The van der Waals surface area contributed by atoms with E-state index in [4.69, 9.17) is 14.9 Å². The molecule has 4 N–H and O–H groups in total. The summed E-state index contributed by atoms with van der Waals surface area (Å²) in [5.74, 6) is -2.18. The molecule has 0 bridgehead atoms. The van der Waals surface area contributed by atoms with Crippen molar-refractivity contribution in [2.75, 3.05) is 6.61 Å². The molecule has 0 fully saturated rings. The zero-order valence-corrected chi connectivity index (χ0v) is 20.2. The van der Waals surface area contributed by atoms with Gasteiger partial charge in [0.1, 0.15) is 0 Å². The van der Waals surface area contributed by atoms with Crippen molar-refractivity contribution in [3.05, 3.63) is 58.7 Å². The highest BCUT2D eigenvalue weighted by molar-refractivity contribution is 7.46. The number of phosphoric acid groups is 1. The molecule has 0 aromatic carbocycles. The molecule has 9 heteroatoms. The topological polar surface area (TPSA) is 133 Å². The summed E-state index contributed by atoms with van der Waals surface area (Å²) in [5, 5.41) is 11.2. The van der Waals surface area contributed by atoms with E-state index in [9.17, 15) is 14.2 Å². The Morgan fingerprint density at radius 2 is 1.88 bits per heavy atom. The summed E-state index contributed by atoms with van der Waals surface area (Å²) in [5.41, 5.74) is 4.59. The summed E-state index contributed by atoms with van der Waals surface area (Å²) in [6.45, 7) is 9.52. The summed E-state index contributed by atoms with van der Waals surface area (Å²) in [6.07, 6.45) is 14.4. The average molecular weight is 467 g/mol. The van der Waals surface area contributed by atoms with E-state index in [1.54, 1.807) is 19.1 Å². The minimum Gasteiger partial charge on any atom is -0.480 e. The van der Waals surface area contributed by atoms with Gasteiger partial charge in [-0.3, -0.25) is 9.32 Å². The number of carbonyl (C=O) groups excluding carboxylic acids is 1. The van der Waals surface area contributed by atoms with Crippen LogP contribution in [0.25, 0.3) is 0 Å². The van der Waals surface area contributed by atoms with Crippen LogP contribution in [0.15, 0.2) is 58.7 Å². The lowest BCUT2D eigenvalue weighted by atomic mass is 9.72. The molecule has 0 saturated carbocycles. The normalized spacial score (nSPS) is 19.0.